The first kappa shape index (κ1) is 27.3. The predicted molar refractivity (Wildman–Crippen MR) is 125 cm³/mol. The van der Waals surface area contributed by atoms with Gasteiger partial charge < -0.3 is 37.6 Å². The molecule has 0 spiro atoms. The van der Waals surface area contributed by atoms with Crippen LogP contribution in [0.3, 0.4) is 0 Å². The van der Waals surface area contributed by atoms with Gasteiger partial charge in [-0.1, -0.05) is 36.4 Å². The van der Waals surface area contributed by atoms with E-state index < -0.39 is 58.1 Å². The van der Waals surface area contributed by atoms with Crippen molar-refractivity contribution in [3.63, 3.8) is 0 Å². The van der Waals surface area contributed by atoms with Crippen molar-refractivity contribution in [3.8, 4) is 0 Å². The molecule has 4 aromatic carbocycles. The van der Waals surface area contributed by atoms with Gasteiger partial charge in [-0.05, 0) is 45.8 Å². The second kappa shape index (κ2) is 10.4. The molecule has 0 aliphatic heterocycles. The molecule has 0 aliphatic rings. The second-order valence-electron chi connectivity index (χ2n) is 7.68. The van der Waals surface area contributed by atoms with Crippen molar-refractivity contribution < 1.29 is 66.3 Å². The Morgan fingerprint density at radius 1 is 0.447 bits per heavy atom. The highest BCUT2D eigenvalue weighted by molar-refractivity contribution is 6.21. The quantitative estimate of drug-likeness (QED) is 0.201. The van der Waals surface area contributed by atoms with Crippen molar-refractivity contribution >= 4 is 57.4 Å². The van der Waals surface area contributed by atoms with Crippen LogP contribution in [0.1, 0.15) is 62.1 Å². The van der Waals surface area contributed by atoms with Gasteiger partial charge in [0.15, 0.2) is 0 Å². The number of fused-ring (bicyclic) bond motifs is 2. The van der Waals surface area contributed by atoms with Crippen molar-refractivity contribution in [2.24, 2.45) is 0 Å². The fourth-order valence-electron chi connectivity index (χ4n) is 4.07. The molecule has 0 unspecified atom stereocenters. The summed E-state index contributed by atoms with van der Waals surface area (Å²) >= 11 is 0. The van der Waals surface area contributed by atoms with Gasteiger partial charge in [-0.3, -0.25) is 0 Å². The summed E-state index contributed by atoms with van der Waals surface area (Å²) in [6.07, 6.45) is 0. The van der Waals surface area contributed by atoms with E-state index in [0.29, 0.717) is 0 Å². The molecule has 0 bridgehead atoms. The number of aromatic carboxylic acids is 4. The summed E-state index contributed by atoms with van der Waals surface area (Å²) in [6, 6.07) is 11.9. The normalized spacial score (nSPS) is 10.4. The lowest BCUT2D eigenvalue weighted by atomic mass is 9.95. The van der Waals surface area contributed by atoms with E-state index >= 15 is 0 Å². The number of carboxylic acids is 4. The zero-order valence-corrected chi connectivity index (χ0v) is 19.6. The zero-order valence-electron chi connectivity index (χ0n) is 18.8. The van der Waals surface area contributed by atoms with Crippen LogP contribution in [0.2, 0.25) is 0 Å². The van der Waals surface area contributed by atoms with Crippen LogP contribution in [-0.4, -0.2) is 56.2 Å². The Bertz CT molecular complexity index is 1580. The third-order valence-electron chi connectivity index (χ3n) is 5.64. The number of benzene rings is 4. The van der Waals surface area contributed by atoms with Crippen molar-refractivity contribution in [1.82, 2.24) is 0 Å². The molecule has 0 saturated heterocycles. The number of rotatable bonds is 6. The molecule has 4 N–H and O–H groups in total. The first-order valence-corrected chi connectivity index (χ1v) is 10.3. The van der Waals surface area contributed by atoms with Crippen LogP contribution in [0.4, 0.5) is 0 Å². The van der Waals surface area contributed by atoms with E-state index in [-0.39, 0.29) is 45.1 Å². The van der Waals surface area contributed by atoms with Gasteiger partial charge in [0.25, 0.3) is 0 Å². The molecule has 38 heavy (non-hydrogen) atoms. The highest BCUT2D eigenvalue weighted by atomic mass is 35.5. The van der Waals surface area contributed by atoms with Gasteiger partial charge in [-0.15, -0.1) is 0 Å². The van der Waals surface area contributed by atoms with E-state index in [1.54, 1.807) is 0 Å². The lowest BCUT2D eigenvalue weighted by molar-refractivity contribution is -0.000101. The number of carbonyl (C=O) groups excluding carboxylic acids is 2. The molecular formula is C26H14ClO11-. The maximum Gasteiger partial charge on any atom is 0.347 e. The van der Waals surface area contributed by atoms with Gasteiger partial charge >= 0.3 is 35.8 Å². The Balaban J connectivity index is 0.00000400. The molecule has 0 atom stereocenters. The third-order valence-corrected chi connectivity index (χ3v) is 5.64. The number of ether oxygens (including phenoxy) is 1. The van der Waals surface area contributed by atoms with E-state index in [2.05, 4.69) is 0 Å². The summed E-state index contributed by atoms with van der Waals surface area (Å²) in [6.45, 7) is 0. The molecule has 12 heteroatoms. The first-order valence-electron chi connectivity index (χ1n) is 10.3. The van der Waals surface area contributed by atoms with Crippen LogP contribution >= 0.6 is 0 Å². The highest BCUT2D eigenvalue weighted by Gasteiger charge is 2.29. The molecule has 0 radical (unpaired) electrons. The summed E-state index contributed by atoms with van der Waals surface area (Å²) in [4.78, 5) is 73.1. The zero-order chi connectivity index (χ0) is 27.0. The van der Waals surface area contributed by atoms with Crippen molar-refractivity contribution in [1.29, 1.82) is 0 Å². The number of hydrogen-bond acceptors (Lipinski definition) is 7. The minimum atomic E-state index is -1.57. The van der Waals surface area contributed by atoms with Crippen LogP contribution in [0.5, 0.6) is 0 Å². The SMILES string of the molecule is O=C(O)c1ccc2c(C(=O)O)cccc2c1C(=O)OC(=O)c1c(C(=O)O)ccc2c(C(=O)O)cccc12.[Cl-]. The number of esters is 2. The molecule has 0 heterocycles. The minimum absolute atomic E-state index is 0. The topological polar surface area (TPSA) is 193 Å². The van der Waals surface area contributed by atoms with E-state index in [1.807, 2.05) is 0 Å². The second-order valence-corrected chi connectivity index (χ2v) is 7.68. The lowest BCUT2D eigenvalue weighted by Crippen LogP contribution is -3.00. The Morgan fingerprint density at radius 3 is 1.11 bits per heavy atom. The predicted octanol–water partition coefficient (Wildman–Crippen LogP) is 0.787. The first-order chi connectivity index (χ1) is 17.5. The number of halogens is 1. The molecule has 0 saturated carbocycles. The Labute approximate surface area is 217 Å². The van der Waals surface area contributed by atoms with E-state index in [0.717, 1.165) is 12.1 Å². The molecule has 0 amide bonds. The molecule has 192 valence electrons. The minimum Gasteiger partial charge on any atom is -1.00 e. The van der Waals surface area contributed by atoms with Gasteiger partial charge in [-0.25, -0.2) is 28.8 Å². The summed E-state index contributed by atoms with van der Waals surface area (Å²) in [5, 5.41) is 37.9. The van der Waals surface area contributed by atoms with Crippen LogP contribution < -0.4 is 12.4 Å². The summed E-state index contributed by atoms with van der Waals surface area (Å²) in [5.41, 5.74) is -2.89. The Morgan fingerprint density at radius 2 is 0.789 bits per heavy atom. The highest BCUT2D eigenvalue weighted by Crippen LogP contribution is 2.30. The fourth-order valence-corrected chi connectivity index (χ4v) is 4.07. The molecule has 11 nitrogen and oxygen atoms in total. The smallest absolute Gasteiger partial charge is 0.347 e. The van der Waals surface area contributed by atoms with Crippen LogP contribution in [-0.2, 0) is 4.74 Å². The summed E-state index contributed by atoms with van der Waals surface area (Å²) in [7, 11) is 0. The fraction of sp³-hybridized carbons (Fsp3) is 0. The van der Waals surface area contributed by atoms with Crippen LogP contribution in [0.15, 0.2) is 60.7 Å². The van der Waals surface area contributed by atoms with Crippen molar-refractivity contribution in [2.45, 2.75) is 0 Å². The van der Waals surface area contributed by atoms with Gasteiger partial charge in [-0.2, -0.15) is 0 Å². The molecule has 0 aromatic heterocycles. The molecule has 4 aromatic rings. The van der Waals surface area contributed by atoms with Crippen LogP contribution in [0, 0.1) is 0 Å². The standard InChI is InChI=1S/C26H14O11.ClH/c27-21(28)15-5-1-3-13-11(15)7-9-17(23(31)32)19(13)25(35)37-26(36)20-14-4-2-6-16(22(29)30)12(14)8-10-18(20)24(33)34;/h1-10H,(H,27,28)(H,29,30)(H,31,32)(H,33,34);1H/p-1. The Kier molecular flexibility index (Phi) is 7.45. The molecule has 4 rings (SSSR count). The Hall–Kier alpha value is -5.29. The number of carboxylic acid groups (broad SMARTS) is 4. The van der Waals surface area contributed by atoms with E-state index in [4.69, 9.17) is 4.74 Å². The van der Waals surface area contributed by atoms with Gasteiger partial charge in [0.05, 0.1) is 33.4 Å². The van der Waals surface area contributed by atoms with Gasteiger partial charge in [0.2, 0.25) is 0 Å². The molecular weight excluding hydrogens is 524 g/mol. The average molecular weight is 538 g/mol. The molecule has 0 aliphatic carbocycles. The monoisotopic (exact) mass is 537 g/mol. The summed E-state index contributed by atoms with van der Waals surface area (Å²) < 4.78 is 4.92. The maximum atomic E-state index is 13.1. The number of carbonyl (C=O) groups is 6. The van der Waals surface area contributed by atoms with Crippen LogP contribution in [0.25, 0.3) is 21.5 Å². The molecule has 0 fully saturated rings. The van der Waals surface area contributed by atoms with Crippen molar-refractivity contribution in [2.75, 3.05) is 0 Å². The van der Waals surface area contributed by atoms with Gasteiger partial charge in [0, 0.05) is 0 Å². The lowest BCUT2D eigenvalue weighted by Gasteiger charge is -2.13. The third kappa shape index (κ3) is 4.61. The number of hydrogen-bond donors (Lipinski definition) is 4. The van der Waals surface area contributed by atoms with E-state index in [1.165, 1.54) is 48.5 Å². The average Bonchev–Trinajstić information content (AvgIpc) is 2.85. The largest absolute Gasteiger partial charge is 1.00 e. The van der Waals surface area contributed by atoms with E-state index in [9.17, 15) is 49.2 Å². The maximum absolute atomic E-state index is 13.1. The van der Waals surface area contributed by atoms with Gasteiger partial charge in [0.1, 0.15) is 0 Å². The van der Waals surface area contributed by atoms with Crippen molar-refractivity contribution in [3.05, 3.63) is 94.0 Å². The summed E-state index contributed by atoms with van der Waals surface area (Å²) in [5.74, 6) is -8.77.